The Labute approximate surface area is 114 Å². The summed E-state index contributed by atoms with van der Waals surface area (Å²) in [5, 5.41) is 0. The number of hydrogen-bond donors (Lipinski definition) is 1. The molecule has 3 rings (SSSR count). The lowest BCUT2D eigenvalue weighted by Crippen LogP contribution is -2.30. The number of rotatable bonds is 2. The average molecular weight is 252 g/mol. The Morgan fingerprint density at radius 2 is 1.84 bits per heavy atom. The van der Waals surface area contributed by atoms with E-state index in [4.69, 9.17) is 5.73 Å². The highest BCUT2D eigenvalue weighted by molar-refractivity contribution is 5.53. The molecule has 0 aromatic heterocycles. The van der Waals surface area contributed by atoms with E-state index in [1.165, 1.54) is 22.4 Å². The smallest absolute Gasteiger partial charge is 0.0433 e. The van der Waals surface area contributed by atoms with E-state index in [0.717, 1.165) is 31.6 Å². The van der Waals surface area contributed by atoms with Crippen molar-refractivity contribution in [2.75, 3.05) is 17.2 Å². The summed E-state index contributed by atoms with van der Waals surface area (Å²) in [5.74, 6) is 0. The third-order valence-electron chi connectivity index (χ3n) is 3.95. The van der Waals surface area contributed by atoms with Crippen LogP contribution in [0.3, 0.4) is 0 Å². The number of nitrogens with zero attached hydrogens (tertiary/aromatic N) is 1. The van der Waals surface area contributed by atoms with Gasteiger partial charge in [0.25, 0.3) is 0 Å². The zero-order valence-corrected chi connectivity index (χ0v) is 11.4. The van der Waals surface area contributed by atoms with Gasteiger partial charge in [0, 0.05) is 24.5 Å². The molecule has 0 atom stereocenters. The van der Waals surface area contributed by atoms with Gasteiger partial charge in [0.05, 0.1) is 0 Å². The van der Waals surface area contributed by atoms with E-state index in [-0.39, 0.29) is 0 Å². The predicted octanol–water partition coefficient (Wildman–Crippen LogP) is 3.39. The molecule has 1 heterocycles. The topological polar surface area (TPSA) is 29.3 Å². The quantitative estimate of drug-likeness (QED) is 0.830. The van der Waals surface area contributed by atoms with Gasteiger partial charge in [-0.3, -0.25) is 0 Å². The van der Waals surface area contributed by atoms with Gasteiger partial charge in [0.2, 0.25) is 0 Å². The first-order valence-corrected chi connectivity index (χ1v) is 6.97. The Kier molecular flexibility index (Phi) is 3.16. The van der Waals surface area contributed by atoms with Crippen molar-refractivity contribution in [3.8, 4) is 0 Å². The maximum atomic E-state index is 5.89. The van der Waals surface area contributed by atoms with E-state index in [9.17, 15) is 0 Å². The average Bonchev–Trinajstić information content (AvgIpc) is 2.46. The molecule has 0 spiro atoms. The summed E-state index contributed by atoms with van der Waals surface area (Å²) in [6.45, 7) is 4.24. The first-order chi connectivity index (χ1) is 9.26. The first kappa shape index (κ1) is 12.1. The lowest BCUT2D eigenvalue weighted by atomic mass is 9.98. The van der Waals surface area contributed by atoms with Crippen LogP contribution >= 0.6 is 0 Å². The summed E-state index contributed by atoms with van der Waals surface area (Å²) < 4.78 is 0. The minimum Gasteiger partial charge on any atom is -0.399 e. The van der Waals surface area contributed by atoms with Gasteiger partial charge in [-0.25, -0.2) is 0 Å². The second-order valence-corrected chi connectivity index (χ2v) is 5.22. The molecule has 0 fully saturated rings. The van der Waals surface area contributed by atoms with Crippen LogP contribution in [0.1, 0.15) is 23.6 Å². The standard InChI is InChI=1S/C17H20N2/c1-2-13-3-7-17(8-4-13)19-10-9-14-5-6-16(18)11-15(14)12-19/h3-8,11H,2,9-10,12,18H2,1H3. The van der Waals surface area contributed by atoms with Crippen LogP contribution in [0.5, 0.6) is 0 Å². The van der Waals surface area contributed by atoms with Crippen molar-refractivity contribution >= 4 is 11.4 Å². The number of anilines is 2. The van der Waals surface area contributed by atoms with Crippen molar-refractivity contribution in [1.29, 1.82) is 0 Å². The third kappa shape index (κ3) is 2.43. The van der Waals surface area contributed by atoms with Crippen LogP contribution in [0.2, 0.25) is 0 Å². The second-order valence-electron chi connectivity index (χ2n) is 5.22. The van der Waals surface area contributed by atoms with E-state index in [1.807, 2.05) is 6.07 Å². The molecule has 2 nitrogen and oxygen atoms in total. The highest BCUT2D eigenvalue weighted by atomic mass is 15.1. The molecule has 2 heteroatoms. The van der Waals surface area contributed by atoms with E-state index < -0.39 is 0 Å². The highest BCUT2D eigenvalue weighted by Crippen LogP contribution is 2.26. The number of aryl methyl sites for hydroxylation is 1. The Hall–Kier alpha value is -1.96. The number of hydrogen-bond acceptors (Lipinski definition) is 2. The summed E-state index contributed by atoms with van der Waals surface area (Å²) in [4.78, 5) is 2.43. The molecule has 0 saturated carbocycles. The molecule has 2 aromatic rings. The van der Waals surface area contributed by atoms with Gasteiger partial charge in [0.15, 0.2) is 0 Å². The zero-order chi connectivity index (χ0) is 13.2. The summed E-state index contributed by atoms with van der Waals surface area (Å²) in [6, 6.07) is 15.2. The van der Waals surface area contributed by atoms with Crippen LogP contribution in [0.25, 0.3) is 0 Å². The summed E-state index contributed by atoms with van der Waals surface area (Å²) in [5.41, 5.74) is 12.3. The van der Waals surface area contributed by atoms with Crippen LogP contribution in [-0.4, -0.2) is 6.54 Å². The first-order valence-electron chi connectivity index (χ1n) is 6.97. The van der Waals surface area contributed by atoms with Crippen LogP contribution in [0.15, 0.2) is 42.5 Å². The van der Waals surface area contributed by atoms with Crippen molar-refractivity contribution in [2.24, 2.45) is 0 Å². The molecule has 19 heavy (non-hydrogen) atoms. The lowest BCUT2D eigenvalue weighted by Gasteiger charge is -2.31. The maximum Gasteiger partial charge on any atom is 0.0433 e. The fraction of sp³-hybridized carbons (Fsp3) is 0.294. The van der Waals surface area contributed by atoms with Crippen molar-refractivity contribution in [2.45, 2.75) is 26.3 Å². The van der Waals surface area contributed by atoms with Gasteiger partial charge >= 0.3 is 0 Å². The molecule has 0 aliphatic carbocycles. The minimum absolute atomic E-state index is 0.863. The molecule has 2 N–H and O–H groups in total. The third-order valence-corrected chi connectivity index (χ3v) is 3.95. The van der Waals surface area contributed by atoms with Crippen LogP contribution < -0.4 is 10.6 Å². The van der Waals surface area contributed by atoms with Crippen LogP contribution in [0, 0.1) is 0 Å². The van der Waals surface area contributed by atoms with Crippen molar-refractivity contribution in [3.05, 3.63) is 59.2 Å². The Morgan fingerprint density at radius 3 is 2.58 bits per heavy atom. The van der Waals surface area contributed by atoms with Gasteiger partial charge in [-0.15, -0.1) is 0 Å². The zero-order valence-electron chi connectivity index (χ0n) is 11.4. The van der Waals surface area contributed by atoms with Gasteiger partial charge in [-0.05, 0) is 53.8 Å². The van der Waals surface area contributed by atoms with E-state index in [2.05, 4.69) is 48.2 Å². The van der Waals surface area contributed by atoms with Gasteiger partial charge in [-0.2, -0.15) is 0 Å². The summed E-state index contributed by atoms with van der Waals surface area (Å²) >= 11 is 0. The molecule has 1 aliphatic rings. The molecule has 0 radical (unpaired) electrons. The molecule has 0 unspecified atom stereocenters. The van der Waals surface area contributed by atoms with E-state index in [0.29, 0.717) is 0 Å². The van der Waals surface area contributed by atoms with Gasteiger partial charge in [0.1, 0.15) is 0 Å². The van der Waals surface area contributed by atoms with Crippen LogP contribution in [-0.2, 0) is 19.4 Å². The van der Waals surface area contributed by atoms with E-state index in [1.54, 1.807) is 0 Å². The minimum atomic E-state index is 0.863. The van der Waals surface area contributed by atoms with Gasteiger partial charge < -0.3 is 10.6 Å². The summed E-state index contributed by atoms with van der Waals surface area (Å²) in [6.07, 6.45) is 2.20. The number of nitrogens with two attached hydrogens (primary N) is 1. The van der Waals surface area contributed by atoms with Crippen molar-refractivity contribution in [3.63, 3.8) is 0 Å². The largest absolute Gasteiger partial charge is 0.399 e. The van der Waals surface area contributed by atoms with Crippen molar-refractivity contribution in [1.82, 2.24) is 0 Å². The molecule has 1 aliphatic heterocycles. The number of fused-ring (bicyclic) bond motifs is 1. The molecule has 0 bridgehead atoms. The fourth-order valence-electron chi connectivity index (χ4n) is 2.74. The molecular weight excluding hydrogens is 232 g/mol. The highest BCUT2D eigenvalue weighted by Gasteiger charge is 2.16. The van der Waals surface area contributed by atoms with Crippen LogP contribution in [0.4, 0.5) is 11.4 Å². The maximum absolute atomic E-state index is 5.89. The Bertz CT molecular complexity index is 572. The molecule has 0 amide bonds. The number of nitrogen functional groups attached to an aromatic ring is 1. The summed E-state index contributed by atoms with van der Waals surface area (Å²) in [7, 11) is 0. The predicted molar refractivity (Wildman–Crippen MR) is 81.4 cm³/mol. The molecular formula is C17H20N2. The Morgan fingerprint density at radius 1 is 1.05 bits per heavy atom. The monoisotopic (exact) mass is 252 g/mol. The molecule has 0 saturated heterocycles. The van der Waals surface area contributed by atoms with Gasteiger partial charge in [-0.1, -0.05) is 25.1 Å². The molecule has 98 valence electrons. The Balaban J connectivity index is 1.84. The fourth-order valence-corrected chi connectivity index (χ4v) is 2.74. The van der Waals surface area contributed by atoms with E-state index >= 15 is 0 Å². The number of benzene rings is 2. The van der Waals surface area contributed by atoms with Crippen molar-refractivity contribution < 1.29 is 0 Å². The SMILES string of the molecule is CCc1ccc(N2CCc3ccc(N)cc3C2)cc1. The molecule has 2 aromatic carbocycles. The normalized spacial score (nSPS) is 14.3. The lowest BCUT2D eigenvalue weighted by molar-refractivity contribution is 0.732. The second kappa shape index (κ2) is 4.96.